The second-order valence-corrected chi connectivity index (χ2v) is 9.90. The van der Waals surface area contributed by atoms with Crippen LogP contribution in [0.15, 0.2) is 65.7 Å². The van der Waals surface area contributed by atoms with Gasteiger partial charge in [0.05, 0.1) is 11.4 Å². The molecule has 1 unspecified atom stereocenters. The summed E-state index contributed by atoms with van der Waals surface area (Å²) in [5.41, 5.74) is 5.07. The summed E-state index contributed by atoms with van der Waals surface area (Å²) in [5, 5.41) is 3.54. The van der Waals surface area contributed by atoms with Crippen molar-refractivity contribution in [2.75, 3.05) is 45.3 Å². The molecule has 0 spiro atoms. The Labute approximate surface area is 215 Å². The van der Waals surface area contributed by atoms with E-state index in [2.05, 4.69) is 34.3 Å². The van der Waals surface area contributed by atoms with Crippen molar-refractivity contribution in [2.45, 2.75) is 12.5 Å². The number of nitrogens with zero attached hydrogens (tertiary/aromatic N) is 3. The van der Waals surface area contributed by atoms with Crippen LogP contribution in [0.5, 0.6) is 11.5 Å². The fourth-order valence-electron chi connectivity index (χ4n) is 4.94. The maximum absolute atomic E-state index is 13.2. The van der Waals surface area contributed by atoms with Crippen LogP contribution in [-0.2, 0) is 11.3 Å². The van der Waals surface area contributed by atoms with Crippen molar-refractivity contribution in [1.29, 1.82) is 0 Å². The molecule has 3 aromatic carbocycles. The number of hydrogen-bond donors (Lipinski definition) is 1. The number of hydrogen-bond acceptors (Lipinski definition) is 6. The molecular weight excluding hydrogens is 476 g/mol. The third-order valence-corrected chi connectivity index (χ3v) is 7.21. The number of carbonyl (C=O) groups is 1. The van der Waals surface area contributed by atoms with Crippen LogP contribution in [0, 0.1) is 0 Å². The minimum Gasteiger partial charge on any atom is -0.454 e. The molecule has 0 aromatic heterocycles. The first-order chi connectivity index (χ1) is 17.5. The first kappa shape index (κ1) is 23.0. The standard InChI is InChI=1S/C28H27ClN4O3/c1-32-10-12-33(13-11-32)16-18-2-6-21(7-3-18)30-27(19-4-9-24-25(14-19)36-17-35-24)26-22-8-5-20(29)15-23(22)31-28(26)34/h2-9,14-15,26H,10-13,16-17H2,1H3,(H,31,34). The van der Waals surface area contributed by atoms with Crippen LogP contribution < -0.4 is 14.8 Å². The summed E-state index contributed by atoms with van der Waals surface area (Å²) < 4.78 is 11.1. The summed E-state index contributed by atoms with van der Waals surface area (Å²) in [7, 11) is 2.17. The third-order valence-electron chi connectivity index (χ3n) is 6.98. The van der Waals surface area contributed by atoms with E-state index in [1.165, 1.54) is 5.56 Å². The highest BCUT2D eigenvalue weighted by Crippen LogP contribution is 2.40. The van der Waals surface area contributed by atoms with Gasteiger partial charge in [-0.2, -0.15) is 0 Å². The topological polar surface area (TPSA) is 66.4 Å². The number of nitrogens with one attached hydrogen (secondary N) is 1. The normalized spacial score (nSPS) is 19.9. The first-order valence-electron chi connectivity index (χ1n) is 12.1. The number of piperazine rings is 1. The van der Waals surface area contributed by atoms with Crippen molar-refractivity contribution in [3.63, 3.8) is 0 Å². The van der Waals surface area contributed by atoms with Gasteiger partial charge in [0, 0.05) is 49.0 Å². The van der Waals surface area contributed by atoms with E-state index in [9.17, 15) is 4.79 Å². The van der Waals surface area contributed by atoms with Gasteiger partial charge in [-0.05, 0) is 60.6 Å². The van der Waals surface area contributed by atoms with Gasteiger partial charge in [-0.25, -0.2) is 0 Å². The number of likely N-dealkylation sites (N-methyl/N-ethyl adjacent to an activating group) is 1. The number of fused-ring (bicyclic) bond motifs is 2. The molecule has 36 heavy (non-hydrogen) atoms. The van der Waals surface area contributed by atoms with Crippen molar-refractivity contribution in [3.8, 4) is 11.5 Å². The largest absolute Gasteiger partial charge is 0.454 e. The average molecular weight is 503 g/mol. The number of benzene rings is 3. The molecule has 0 saturated carbocycles. The van der Waals surface area contributed by atoms with Gasteiger partial charge >= 0.3 is 0 Å². The van der Waals surface area contributed by atoms with Crippen LogP contribution in [-0.4, -0.2) is 61.4 Å². The smallest absolute Gasteiger partial charge is 0.238 e. The quantitative estimate of drug-likeness (QED) is 0.513. The maximum Gasteiger partial charge on any atom is 0.238 e. The monoisotopic (exact) mass is 502 g/mol. The van der Waals surface area contributed by atoms with Gasteiger partial charge in [0.15, 0.2) is 11.5 Å². The number of halogens is 1. The van der Waals surface area contributed by atoms with Crippen molar-refractivity contribution in [2.24, 2.45) is 4.99 Å². The van der Waals surface area contributed by atoms with Crippen LogP contribution in [0.25, 0.3) is 0 Å². The summed E-state index contributed by atoms with van der Waals surface area (Å²) in [4.78, 5) is 23.0. The number of anilines is 1. The van der Waals surface area contributed by atoms with E-state index < -0.39 is 5.92 Å². The first-order valence-corrected chi connectivity index (χ1v) is 12.5. The van der Waals surface area contributed by atoms with Crippen molar-refractivity contribution < 1.29 is 14.3 Å². The summed E-state index contributed by atoms with van der Waals surface area (Å²) in [6, 6.07) is 19.4. The van der Waals surface area contributed by atoms with Crippen LogP contribution in [0.1, 0.15) is 22.6 Å². The highest BCUT2D eigenvalue weighted by atomic mass is 35.5. The number of carbonyl (C=O) groups excluding carboxylic acids is 1. The molecule has 1 fully saturated rings. The van der Waals surface area contributed by atoms with Gasteiger partial charge in [-0.15, -0.1) is 0 Å². The fourth-order valence-corrected chi connectivity index (χ4v) is 5.11. The Bertz CT molecular complexity index is 1330. The lowest BCUT2D eigenvalue weighted by Crippen LogP contribution is -2.43. The molecule has 0 aliphatic carbocycles. The Balaban J connectivity index is 1.34. The van der Waals surface area contributed by atoms with Gasteiger partial charge in [0.2, 0.25) is 12.7 Å². The molecule has 7 nitrogen and oxygen atoms in total. The summed E-state index contributed by atoms with van der Waals surface area (Å²) >= 11 is 6.18. The fraction of sp³-hybridized carbons (Fsp3) is 0.286. The van der Waals surface area contributed by atoms with Crippen molar-refractivity contribution in [1.82, 2.24) is 9.80 Å². The predicted molar refractivity (Wildman–Crippen MR) is 141 cm³/mol. The lowest BCUT2D eigenvalue weighted by Gasteiger charge is -2.32. The lowest BCUT2D eigenvalue weighted by molar-refractivity contribution is -0.115. The zero-order valence-corrected chi connectivity index (χ0v) is 20.8. The van der Waals surface area contributed by atoms with Gasteiger partial charge in [-0.3, -0.25) is 14.7 Å². The van der Waals surface area contributed by atoms with E-state index >= 15 is 0 Å². The summed E-state index contributed by atoms with van der Waals surface area (Å²) in [6.45, 7) is 5.45. The van der Waals surface area contributed by atoms with Crippen LogP contribution in [0.3, 0.4) is 0 Å². The van der Waals surface area contributed by atoms with Gasteiger partial charge in [0.1, 0.15) is 5.92 Å². The predicted octanol–water partition coefficient (Wildman–Crippen LogP) is 4.67. The molecule has 184 valence electrons. The molecule has 1 amide bonds. The molecule has 3 heterocycles. The lowest BCUT2D eigenvalue weighted by atomic mass is 9.90. The third kappa shape index (κ3) is 4.57. The Morgan fingerprint density at radius 3 is 2.58 bits per heavy atom. The maximum atomic E-state index is 13.2. The Morgan fingerprint density at radius 2 is 1.78 bits per heavy atom. The van der Waals surface area contributed by atoms with E-state index in [1.54, 1.807) is 12.1 Å². The molecule has 0 bridgehead atoms. The van der Waals surface area contributed by atoms with Crippen LogP contribution in [0.2, 0.25) is 5.02 Å². The van der Waals surface area contributed by atoms with Crippen LogP contribution >= 0.6 is 11.6 Å². The molecule has 6 rings (SSSR count). The second kappa shape index (κ2) is 9.58. The summed E-state index contributed by atoms with van der Waals surface area (Å²) in [6.07, 6.45) is 0. The number of amides is 1. The van der Waals surface area contributed by atoms with Crippen LogP contribution in [0.4, 0.5) is 11.4 Å². The number of ether oxygens (including phenoxy) is 2. The average Bonchev–Trinajstić information content (AvgIpc) is 3.47. The molecule has 3 aromatic rings. The summed E-state index contributed by atoms with van der Waals surface area (Å²) in [5.74, 6) is 0.643. The second-order valence-electron chi connectivity index (χ2n) is 9.46. The number of aliphatic imine (C=N–C) groups is 1. The van der Waals surface area contributed by atoms with E-state index in [0.717, 1.165) is 49.5 Å². The van der Waals surface area contributed by atoms with E-state index in [1.807, 2.05) is 36.4 Å². The van der Waals surface area contributed by atoms with E-state index in [-0.39, 0.29) is 12.7 Å². The Hall–Kier alpha value is -3.39. The van der Waals surface area contributed by atoms with Crippen molar-refractivity contribution >= 4 is 34.6 Å². The molecule has 1 atom stereocenters. The van der Waals surface area contributed by atoms with Crippen molar-refractivity contribution in [3.05, 3.63) is 82.4 Å². The minimum atomic E-state index is -0.567. The molecule has 3 aliphatic rings. The molecule has 1 N–H and O–H groups in total. The molecule has 8 heteroatoms. The van der Waals surface area contributed by atoms with E-state index in [0.29, 0.717) is 27.9 Å². The zero-order valence-electron chi connectivity index (χ0n) is 20.0. The van der Waals surface area contributed by atoms with Gasteiger partial charge in [0.25, 0.3) is 0 Å². The highest BCUT2D eigenvalue weighted by Gasteiger charge is 2.36. The van der Waals surface area contributed by atoms with Gasteiger partial charge < -0.3 is 19.7 Å². The molecule has 1 saturated heterocycles. The molecule has 0 radical (unpaired) electrons. The molecular formula is C28H27ClN4O3. The highest BCUT2D eigenvalue weighted by molar-refractivity contribution is 6.31. The molecule has 3 aliphatic heterocycles. The Kier molecular flexibility index (Phi) is 6.13. The van der Waals surface area contributed by atoms with Gasteiger partial charge in [-0.1, -0.05) is 29.8 Å². The zero-order chi connectivity index (χ0) is 24.6. The van der Waals surface area contributed by atoms with E-state index in [4.69, 9.17) is 26.1 Å². The minimum absolute atomic E-state index is 0.129. The Morgan fingerprint density at radius 1 is 1.00 bits per heavy atom. The SMILES string of the molecule is CN1CCN(Cc2ccc(N=C(c3ccc4c(c3)OCO4)C3C(=O)Nc4cc(Cl)ccc43)cc2)CC1. The number of rotatable bonds is 5.